The standard InChI is InChI=1S/C16H12ClFN2O/c1-9-3-6-14-12(7-9)15(17)20-16(19-14)11-5-4-10(21-2)8-13(11)18/h3-8H,1-2H3. The Morgan fingerprint density at radius 2 is 1.90 bits per heavy atom. The number of hydrogen-bond acceptors (Lipinski definition) is 3. The molecule has 106 valence electrons. The van der Waals surface area contributed by atoms with Crippen LogP contribution in [0.25, 0.3) is 22.3 Å². The Morgan fingerprint density at radius 1 is 1.10 bits per heavy atom. The number of rotatable bonds is 2. The molecule has 0 aliphatic rings. The molecule has 3 aromatic rings. The number of ether oxygens (including phenoxy) is 1. The van der Waals surface area contributed by atoms with Crippen molar-refractivity contribution >= 4 is 22.5 Å². The lowest BCUT2D eigenvalue weighted by Crippen LogP contribution is -1.95. The summed E-state index contributed by atoms with van der Waals surface area (Å²) in [5.41, 5.74) is 2.04. The molecule has 0 saturated carbocycles. The van der Waals surface area contributed by atoms with E-state index in [0.717, 1.165) is 10.9 Å². The SMILES string of the molecule is COc1ccc(-c2nc(Cl)c3cc(C)ccc3n2)c(F)c1. The van der Waals surface area contributed by atoms with Gasteiger partial charge in [-0.05, 0) is 31.2 Å². The number of aromatic nitrogens is 2. The van der Waals surface area contributed by atoms with E-state index in [1.165, 1.54) is 13.2 Å². The summed E-state index contributed by atoms with van der Waals surface area (Å²) in [6, 6.07) is 10.2. The first kappa shape index (κ1) is 13.8. The van der Waals surface area contributed by atoms with Crippen LogP contribution < -0.4 is 4.74 Å². The second-order valence-electron chi connectivity index (χ2n) is 4.70. The highest BCUT2D eigenvalue weighted by atomic mass is 35.5. The smallest absolute Gasteiger partial charge is 0.164 e. The highest BCUT2D eigenvalue weighted by Gasteiger charge is 2.12. The number of benzene rings is 2. The van der Waals surface area contributed by atoms with Crippen molar-refractivity contribution in [1.82, 2.24) is 9.97 Å². The minimum Gasteiger partial charge on any atom is -0.497 e. The molecule has 0 spiro atoms. The Kier molecular flexibility index (Phi) is 3.47. The Morgan fingerprint density at radius 3 is 2.62 bits per heavy atom. The van der Waals surface area contributed by atoms with E-state index in [4.69, 9.17) is 16.3 Å². The summed E-state index contributed by atoms with van der Waals surface area (Å²) in [6.07, 6.45) is 0. The Bertz CT molecular complexity index is 836. The van der Waals surface area contributed by atoms with E-state index >= 15 is 0 Å². The van der Waals surface area contributed by atoms with E-state index in [9.17, 15) is 4.39 Å². The second kappa shape index (κ2) is 5.30. The number of halogens is 2. The quantitative estimate of drug-likeness (QED) is 0.658. The maximum absolute atomic E-state index is 14.1. The van der Waals surface area contributed by atoms with Gasteiger partial charge in [0.2, 0.25) is 0 Å². The maximum atomic E-state index is 14.1. The van der Waals surface area contributed by atoms with Crippen LogP contribution >= 0.6 is 11.6 Å². The zero-order valence-electron chi connectivity index (χ0n) is 11.5. The van der Waals surface area contributed by atoms with Crippen molar-refractivity contribution in [2.24, 2.45) is 0 Å². The lowest BCUT2D eigenvalue weighted by Gasteiger charge is -2.07. The van der Waals surface area contributed by atoms with E-state index < -0.39 is 5.82 Å². The zero-order chi connectivity index (χ0) is 15.0. The predicted molar refractivity (Wildman–Crippen MR) is 81.2 cm³/mol. The van der Waals surface area contributed by atoms with Crippen molar-refractivity contribution in [1.29, 1.82) is 0 Å². The molecule has 0 saturated heterocycles. The van der Waals surface area contributed by atoms with Gasteiger partial charge in [-0.25, -0.2) is 14.4 Å². The van der Waals surface area contributed by atoms with Crippen LogP contribution in [-0.2, 0) is 0 Å². The molecule has 5 heteroatoms. The van der Waals surface area contributed by atoms with Crippen molar-refractivity contribution in [3.8, 4) is 17.1 Å². The van der Waals surface area contributed by atoms with E-state index in [0.29, 0.717) is 22.0 Å². The highest BCUT2D eigenvalue weighted by molar-refractivity contribution is 6.34. The molecule has 0 fully saturated rings. The Balaban J connectivity index is 2.19. The van der Waals surface area contributed by atoms with Crippen LogP contribution in [0.2, 0.25) is 5.15 Å². The summed E-state index contributed by atoms with van der Waals surface area (Å²) in [6.45, 7) is 1.97. The number of fused-ring (bicyclic) bond motifs is 1. The minimum absolute atomic E-state index is 0.261. The van der Waals surface area contributed by atoms with Crippen molar-refractivity contribution in [2.45, 2.75) is 6.92 Å². The van der Waals surface area contributed by atoms with Crippen molar-refractivity contribution < 1.29 is 9.13 Å². The van der Waals surface area contributed by atoms with Gasteiger partial charge in [0.05, 0.1) is 18.2 Å². The van der Waals surface area contributed by atoms with E-state index in [1.54, 1.807) is 12.1 Å². The third-order valence-corrected chi connectivity index (χ3v) is 3.51. The molecule has 0 amide bonds. The van der Waals surface area contributed by atoms with E-state index in [2.05, 4.69) is 9.97 Å². The summed E-state index contributed by atoms with van der Waals surface area (Å²) >= 11 is 6.20. The van der Waals surface area contributed by atoms with Gasteiger partial charge >= 0.3 is 0 Å². The van der Waals surface area contributed by atoms with Crippen LogP contribution in [0.5, 0.6) is 5.75 Å². The lowest BCUT2D eigenvalue weighted by atomic mass is 10.1. The van der Waals surface area contributed by atoms with Gasteiger partial charge in [0, 0.05) is 11.5 Å². The van der Waals surface area contributed by atoms with Gasteiger partial charge in [-0.1, -0.05) is 23.2 Å². The van der Waals surface area contributed by atoms with Gasteiger partial charge < -0.3 is 4.74 Å². The third kappa shape index (κ3) is 2.54. The van der Waals surface area contributed by atoms with E-state index in [-0.39, 0.29) is 5.82 Å². The molecule has 1 aromatic heterocycles. The van der Waals surface area contributed by atoms with Crippen LogP contribution in [-0.4, -0.2) is 17.1 Å². The fourth-order valence-electron chi connectivity index (χ4n) is 2.13. The van der Waals surface area contributed by atoms with Gasteiger partial charge in [-0.3, -0.25) is 0 Å². The number of methoxy groups -OCH3 is 1. The molecule has 0 aliphatic carbocycles. The summed E-state index contributed by atoms with van der Waals surface area (Å²) in [5.74, 6) is 0.257. The minimum atomic E-state index is -0.447. The van der Waals surface area contributed by atoms with Gasteiger partial charge in [0.25, 0.3) is 0 Å². The second-order valence-corrected chi connectivity index (χ2v) is 5.06. The van der Waals surface area contributed by atoms with Crippen LogP contribution in [0.1, 0.15) is 5.56 Å². The zero-order valence-corrected chi connectivity index (χ0v) is 12.3. The molecule has 0 N–H and O–H groups in total. The summed E-state index contributed by atoms with van der Waals surface area (Å²) in [4.78, 5) is 8.59. The largest absolute Gasteiger partial charge is 0.497 e. The molecule has 3 nitrogen and oxygen atoms in total. The van der Waals surface area contributed by atoms with Crippen LogP contribution in [0.3, 0.4) is 0 Å². The number of aryl methyl sites for hydroxylation is 1. The van der Waals surface area contributed by atoms with E-state index in [1.807, 2.05) is 25.1 Å². The van der Waals surface area contributed by atoms with Gasteiger partial charge in [-0.2, -0.15) is 0 Å². The molecule has 3 rings (SSSR count). The molecular formula is C16H12ClFN2O. The normalized spacial score (nSPS) is 10.9. The molecule has 21 heavy (non-hydrogen) atoms. The third-order valence-electron chi connectivity index (χ3n) is 3.22. The molecular weight excluding hydrogens is 291 g/mol. The molecule has 0 unspecified atom stereocenters. The van der Waals surface area contributed by atoms with Crippen molar-refractivity contribution in [2.75, 3.05) is 7.11 Å². The maximum Gasteiger partial charge on any atom is 0.164 e. The highest BCUT2D eigenvalue weighted by Crippen LogP contribution is 2.28. The van der Waals surface area contributed by atoms with Gasteiger partial charge in [0.15, 0.2) is 5.82 Å². The van der Waals surface area contributed by atoms with Crippen LogP contribution in [0.4, 0.5) is 4.39 Å². The van der Waals surface area contributed by atoms with Gasteiger partial charge in [0.1, 0.15) is 16.7 Å². The first-order chi connectivity index (χ1) is 10.1. The average Bonchev–Trinajstić information content (AvgIpc) is 2.47. The van der Waals surface area contributed by atoms with Gasteiger partial charge in [-0.15, -0.1) is 0 Å². The molecule has 1 heterocycles. The average molecular weight is 303 g/mol. The molecule has 0 atom stereocenters. The van der Waals surface area contributed by atoms with Crippen LogP contribution in [0, 0.1) is 12.7 Å². The topological polar surface area (TPSA) is 35.0 Å². The fraction of sp³-hybridized carbons (Fsp3) is 0.125. The molecule has 2 aromatic carbocycles. The first-order valence-corrected chi connectivity index (χ1v) is 6.74. The Labute approximate surface area is 126 Å². The first-order valence-electron chi connectivity index (χ1n) is 6.36. The molecule has 0 aliphatic heterocycles. The van der Waals surface area contributed by atoms with Crippen LogP contribution in [0.15, 0.2) is 36.4 Å². The number of nitrogens with zero attached hydrogens (tertiary/aromatic N) is 2. The van der Waals surface area contributed by atoms with Crippen molar-refractivity contribution in [3.63, 3.8) is 0 Å². The number of hydrogen-bond donors (Lipinski definition) is 0. The lowest BCUT2D eigenvalue weighted by molar-refractivity contribution is 0.411. The predicted octanol–water partition coefficient (Wildman–Crippen LogP) is 4.41. The van der Waals surface area contributed by atoms with Crippen molar-refractivity contribution in [3.05, 3.63) is 52.9 Å². The fourth-order valence-corrected chi connectivity index (χ4v) is 2.36. The summed E-state index contributed by atoms with van der Waals surface area (Å²) in [5, 5.41) is 1.07. The monoisotopic (exact) mass is 302 g/mol. The summed E-state index contributed by atoms with van der Waals surface area (Å²) in [7, 11) is 1.49. The Hall–Kier alpha value is -2.20. The molecule has 0 radical (unpaired) electrons. The molecule has 0 bridgehead atoms. The summed E-state index contributed by atoms with van der Waals surface area (Å²) < 4.78 is 19.1.